The number of carbonyl (C=O) groups is 1. The molecule has 2 aromatic rings. The lowest BCUT2D eigenvalue weighted by Gasteiger charge is -2.36. The summed E-state index contributed by atoms with van der Waals surface area (Å²) in [5.74, 6) is 1.19. The highest BCUT2D eigenvalue weighted by atomic mass is 35.5. The van der Waals surface area contributed by atoms with Crippen LogP contribution >= 0.6 is 12.4 Å². The minimum absolute atomic E-state index is 0. The minimum Gasteiger partial charge on any atom is -0.493 e. The Labute approximate surface area is 166 Å². The zero-order chi connectivity index (χ0) is 18.5. The van der Waals surface area contributed by atoms with Gasteiger partial charge in [0, 0.05) is 37.6 Å². The summed E-state index contributed by atoms with van der Waals surface area (Å²) in [5.41, 5.74) is 1.62. The maximum atomic E-state index is 13.2. The fourth-order valence-corrected chi connectivity index (χ4v) is 3.14. The molecule has 2 heterocycles. The van der Waals surface area contributed by atoms with E-state index in [1.165, 1.54) is 0 Å². The molecule has 1 fully saturated rings. The Balaban J connectivity index is 0.00000261. The first kappa shape index (κ1) is 21.0. The number of halogens is 1. The molecule has 146 valence electrons. The van der Waals surface area contributed by atoms with Gasteiger partial charge in [-0.3, -0.25) is 9.78 Å². The van der Waals surface area contributed by atoms with Gasteiger partial charge in [0.15, 0.2) is 11.5 Å². The number of carbonyl (C=O) groups excluding carboxylic acids is 1. The smallest absolute Gasteiger partial charge is 0.254 e. The van der Waals surface area contributed by atoms with Crippen molar-refractivity contribution < 1.29 is 14.3 Å². The second-order valence-corrected chi connectivity index (χ2v) is 6.54. The highest BCUT2D eigenvalue weighted by Gasteiger charge is 2.29. The van der Waals surface area contributed by atoms with E-state index >= 15 is 0 Å². The lowest BCUT2D eigenvalue weighted by Crippen LogP contribution is -2.48. The minimum atomic E-state index is -0.0393. The van der Waals surface area contributed by atoms with E-state index in [1.54, 1.807) is 31.5 Å². The fraction of sp³-hybridized carbons (Fsp3) is 0.400. The van der Waals surface area contributed by atoms with Gasteiger partial charge in [0.2, 0.25) is 0 Å². The van der Waals surface area contributed by atoms with Gasteiger partial charge in [-0.05, 0) is 43.7 Å². The highest BCUT2D eigenvalue weighted by Crippen LogP contribution is 2.31. The number of hydrogen-bond acceptors (Lipinski definition) is 5. The number of piperazine rings is 1. The van der Waals surface area contributed by atoms with Gasteiger partial charge >= 0.3 is 0 Å². The van der Waals surface area contributed by atoms with Crippen molar-refractivity contribution in [3.8, 4) is 11.5 Å². The second-order valence-electron chi connectivity index (χ2n) is 6.54. The summed E-state index contributed by atoms with van der Waals surface area (Å²) in [6, 6.07) is 9.21. The van der Waals surface area contributed by atoms with Crippen molar-refractivity contribution >= 4 is 18.3 Å². The van der Waals surface area contributed by atoms with E-state index in [1.807, 2.05) is 37.1 Å². The summed E-state index contributed by atoms with van der Waals surface area (Å²) in [7, 11) is 1.58. The summed E-state index contributed by atoms with van der Waals surface area (Å²) in [4.78, 5) is 19.3. The van der Waals surface area contributed by atoms with E-state index in [0.717, 1.165) is 12.1 Å². The van der Waals surface area contributed by atoms with Crippen LogP contribution in [0.5, 0.6) is 11.5 Å². The number of benzene rings is 1. The number of ether oxygens (including phenoxy) is 2. The predicted octanol–water partition coefficient (Wildman–Crippen LogP) is 3.09. The van der Waals surface area contributed by atoms with Crippen LogP contribution in [0.4, 0.5) is 0 Å². The molecule has 27 heavy (non-hydrogen) atoms. The van der Waals surface area contributed by atoms with Crippen LogP contribution in [0.2, 0.25) is 0 Å². The molecule has 1 aromatic heterocycles. The molecule has 1 unspecified atom stereocenters. The number of hydrogen-bond donors (Lipinski definition) is 1. The highest BCUT2D eigenvalue weighted by molar-refractivity contribution is 5.95. The summed E-state index contributed by atoms with van der Waals surface area (Å²) < 4.78 is 11.2. The third-order valence-corrected chi connectivity index (χ3v) is 4.35. The summed E-state index contributed by atoms with van der Waals surface area (Å²) in [6.45, 7) is 6.04. The lowest BCUT2D eigenvalue weighted by atomic mass is 10.0. The number of rotatable bonds is 5. The van der Waals surface area contributed by atoms with E-state index in [2.05, 4.69) is 10.3 Å². The van der Waals surface area contributed by atoms with Crippen molar-refractivity contribution in [1.29, 1.82) is 0 Å². The molecule has 0 aliphatic carbocycles. The molecule has 0 spiro atoms. The molecule has 0 bridgehead atoms. The third kappa shape index (κ3) is 4.90. The largest absolute Gasteiger partial charge is 0.493 e. The van der Waals surface area contributed by atoms with Gasteiger partial charge in [0.1, 0.15) is 0 Å². The van der Waals surface area contributed by atoms with Crippen molar-refractivity contribution in [2.45, 2.75) is 26.0 Å². The topological polar surface area (TPSA) is 63.7 Å². The van der Waals surface area contributed by atoms with Crippen LogP contribution in [0.25, 0.3) is 0 Å². The number of nitrogens with zero attached hydrogens (tertiary/aromatic N) is 2. The number of amides is 1. The molecule has 3 rings (SSSR count). The molecule has 6 nitrogen and oxygen atoms in total. The first-order valence-electron chi connectivity index (χ1n) is 8.86. The molecule has 1 saturated heterocycles. The molecule has 1 atom stereocenters. The predicted molar refractivity (Wildman–Crippen MR) is 107 cm³/mol. The van der Waals surface area contributed by atoms with E-state index in [0.29, 0.717) is 30.2 Å². The summed E-state index contributed by atoms with van der Waals surface area (Å²) in [6.07, 6.45) is 3.59. The third-order valence-electron chi connectivity index (χ3n) is 4.35. The Kier molecular flexibility index (Phi) is 7.45. The zero-order valence-electron chi connectivity index (χ0n) is 15.8. The summed E-state index contributed by atoms with van der Waals surface area (Å²) >= 11 is 0. The maximum Gasteiger partial charge on any atom is 0.254 e. The zero-order valence-corrected chi connectivity index (χ0v) is 16.7. The van der Waals surface area contributed by atoms with Crippen LogP contribution in [0.3, 0.4) is 0 Å². The molecular formula is C20H26ClN3O3. The molecule has 1 aliphatic rings. The molecule has 1 aliphatic heterocycles. The van der Waals surface area contributed by atoms with Gasteiger partial charge < -0.3 is 19.7 Å². The van der Waals surface area contributed by atoms with Gasteiger partial charge in [0.25, 0.3) is 5.91 Å². The molecule has 1 aromatic carbocycles. The number of aromatic nitrogens is 1. The average Bonchev–Trinajstić information content (AvgIpc) is 2.68. The molecule has 0 radical (unpaired) electrons. The normalized spacial score (nSPS) is 16.6. The van der Waals surface area contributed by atoms with E-state index in [4.69, 9.17) is 9.47 Å². The number of pyridine rings is 1. The van der Waals surface area contributed by atoms with Gasteiger partial charge in [-0.25, -0.2) is 0 Å². The van der Waals surface area contributed by atoms with E-state index < -0.39 is 0 Å². The lowest BCUT2D eigenvalue weighted by molar-refractivity contribution is 0.0633. The molecule has 7 heteroatoms. The Morgan fingerprint density at radius 2 is 2.11 bits per heavy atom. The van der Waals surface area contributed by atoms with Gasteiger partial charge in [-0.1, -0.05) is 6.07 Å². The quantitative estimate of drug-likeness (QED) is 0.848. The van der Waals surface area contributed by atoms with Gasteiger partial charge in [-0.15, -0.1) is 12.4 Å². The monoisotopic (exact) mass is 391 g/mol. The Hall–Kier alpha value is -2.31. The van der Waals surface area contributed by atoms with Crippen molar-refractivity contribution in [2.24, 2.45) is 0 Å². The maximum absolute atomic E-state index is 13.2. The van der Waals surface area contributed by atoms with Crippen LogP contribution in [0.1, 0.15) is 35.8 Å². The molecule has 1 amide bonds. The van der Waals surface area contributed by atoms with Crippen molar-refractivity contribution in [3.63, 3.8) is 0 Å². The fourth-order valence-electron chi connectivity index (χ4n) is 3.14. The first-order valence-corrected chi connectivity index (χ1v) is 8.86. The van der Waals surface area contributed by atoms with Crippen LogP contribution in [-0.4, -0.2) is 48.6 Å². The van der Waals surface area contributed by atoms with E-state index in [9.17, 15) is 4.79 Å². The number of methoxy groups -OCH3 is 1. The Bertz CT molecular complexity index is 755. The van der Waals surface area contributed by atoms with Crippen LogP contribution < -0.4 is 14.8 Å². The van der Waals surface area contributed by atoms with Gasteiger partial charge in [-0.2, -0.15) is 0 Å². The molecular weight excluding hydrogens is 366 g/mol. The van der Waals surface area contributed by atoms with Crippen LogP contribution in [0, 0.1) is 0 Å². The number of nitrogens with one attached hydrogen (secondary N) is 1. The van der Waals surface area contributed by atoms with Gasteiger partial charge in [0.05, 0.1) is 19.3 Å². The van der Waals surface area contributed by atoms with Crippen LogP contribution in [0.15, 0.2) is 42.7 Å². The second kappa shape index (κ2) is 9.58. The SMILES string of the molecule is COc1cc(C(=O)N2CCNCC2c2cccnc2)ccc1OC(C)C.Cl. The van der Waals surface area contributed by atoms with Crippen LogP contribution in [-0.2, 0) is 0 Å². The molecule has 1 N–H and O–H groups in total. The Morgan fingerprint density at radius 1 is 1.30 bits per heavy atom. The van der Waals surface area contributed by atoms with Crippen molar-refractivity contribution in [1.82, 2.24) is 15.2 Å². The summed E-state index contributed by atoms with van der Waals surface area (Å²) in [5, 5.41) is 3.36. The average molecular weight is 392 g/mol. The molecule has 0 saturated carbocycles. The Morgan fingerprint density at radius 3 is 2.78 bits per heavy atom. The first-order chi connectivity index (χ1) is 12.6. The van der Waals surface area contributed by atoms with Crippen molar-refractivity contribution in [2.75, 3.05) is 26.7 Å². The standard InChI is InChI=1S/C20H25N3O3.ClH/c1-14(2)26-18-7-6-15(11-19(18)25-3)20(24)23-10-9-22-13-17(23)16-5-4-8-21-12-16;/h4-8,11-12,14,17,22H,9-10,13H2,1-3H3;1H. The van der Waals surface area contributed by atoms with Crippen molar-refractivity contribution in [3.05, 3.63) is 53.9 Å². The van der Waals surface area contributed by atoms with E-state index in [-0.39, 0.29) is 30.5 Å².